The van der Waals surface area contributed by atoms with Crippen molar-refractivity contribution in [1.82, 2.24) is 10.2 Å². The van der Waals surface area contributed by atoms with Gasteiger partial charge >= 0.3 is 6.09 Å². The van der Waals surface area contributed by atoms with Crippen LogP contribution in [0.4, 0.5) is 10.5 Å². The summed E-state index contributed by atoms with van der Waals surface area (Å²) in [5.41, 5.74) is 1.83. The lowest BCUT2D eigenvalue weighted by Gasteiger charge is -2.33. The van der Waals surface area contributed by atoms with Gasteiger partial charge in [-0.3, -0.25) is 4.79 Å². The normalized spacial score (nSPS) is 17.0. The number of rotatable bonds is 7. The summed E-state index contributed by atoms with van der Waals surface area (Å²) in [6.45, 7) is 9.57. The van der Waals surface area contributed by atoms with Gasteiger partial charge in [0.1, 0.15) is 11.7 Å². The Morgan fingerprint density at radius 1 is 1.23 bits per heavy atom. The van der Waals surface area contributed by atoms with Crippen molar-refractivity contribution in [3.8, 4) is 0 Å². The van der Waals surface area contributed by atoms with Crippen LogP contribution in [0.2, 0.25) is 5.02 Å². The molecule has 0 aliphatic carbocycles. The largest absolute Gasteiger partial charge is 0.444 e. The van der Waals surface area contributed by atoms with Gasteiger partial charge in [0.25, 0.3) is 5.91 Å². The zero-order chi connectivity index (χ0) is 25.6. The summed E-state index contributed by atoms with van der Waals surface area (Å²) in [6, 6.07) is 15.3. The van der Waals surface area contributed by atoms with Crippen LogP contribution in [-0.4, -0.2) is 61.8 Å². The molecule has 1 aliphatic heterocycles. The van der Waals surface area contributed by atoms with Gasteiger partial charge in [-0.05, 0) is 51.0 Å². The number of morpholine rings is 1. The van der Waals surface area contributed by atoms with E-state index in [0.717, 1.165) is 17.7 Å². The second-order valence-corrected chi connectivity index (χ2v) is 10.2. The maximum absolute atomic E-state index is 13.2. The van der Waals surface area contributed by atoms with Crippen LogP contribution in [0, 0.1) is 0 Å². The molecule has 1 N–H and O–H groups in total. The van der Waals surface area contributed by atoms with Crippen molar-refractivity contribution in [3.63, 3.8) is 0 Å². The molecule has 1 heterocycles. The first-order chi connectivity index (χ1) is 16.6. The summed E-state index contributed by atoms with van der Waals surface area (Å²) in [4.78, 5) is 29.2. The van der Waals surface area contributed by atoms with Gasteiger partial charge < -0.3 is 24.6 Å². The van der Waals surface area contributed by atoms with Gasteiger partial charge in [-0.15, -0.1) is 0 Å². The quantitative estimate of drug-likeness (QED) is 0.558. The van der Waals surface area contributed by atoms with Crippen LogP contribution < -0.4 is 10.2 Å². The summed E-state index contributed by atoms with van der Waals surface area (Å²) in [5.74, 6) is -0.105. The first-order valence-electron chi connectivity index (χ1n) is 12.0. The third kappa shape index (κ3) is 7.61. The highest BCUT2D eigenvalue weighted by Crippen LogP contribution is 2.27. The van der Waals surface area contributed by atoms with E-state index in [-0.39, 0.29) is 18.1 Å². The molecular formula is C27H36ClN3O4. The molecule has 0 radical (unpaired) electrons. The Morgan fingerprint density at radius 3 is 2.57 bits per heavy atom. The van der Waals surface area contributed by atoms with E-state index < -0.39 is 11.7 Å². The topological polar surface area (TPSA) is 71.1 Å². The number of carbonyl (C=O) groups excluding carboxylic acids is 2. The standard InChI is InChI=1S/C27H36ClN3O4/c1-6-20(29-26(33)35-27(2,3)4)17-30(5)21-12-13-22(23(28)16-21)25(32)31-14-15-34-24(18-31)19-10-8-7-9-11-19/h7-13,16,20,24H,6,14-15,17-18H2,1-5H3,(H,29,33). The van der Waals surface area contributed by atoms with E-state index >= 15 is 0 Å². The molecule has 35 heavy (non-hydrogen) atoms. The Labute approximate surface area is 213 Å². The average molecular weight is 502 g/mol. The fraction of sp³-hybridized carbons (Fsp3) is 0.481. The van der Waals surface area contributed by atoms with Crippen molar-refractivity contribution in [2.75, 3.05) is 38.2 Å². The monoisotopic (exact) mass is 501 g/mol. The Bertz CT molecular complexity index is 1010. The predicted octanol–water partition coefficient (Wildman–Crippen LogP) is 5.29. The van der Waals surface area contributed by atoms with E-state index in [4.69, 9.17) is 21.1 Å². The van der Waals surface area contributed by atoms with Crippen molar-refractivity contribution in [2.24, 2.45) is 0 Å². The van der Waals surface area contributed by atoms with Crippen LogP contribution in [0.25, 0.3) is 0 Å². The Kier molecular flexibility index (Phi) is 9.03. The molecule has 0 aromatic heterocycles. The smallest absolute Gasteiger partial charge is 0.407 e. The van der Waals surface area contributed by atoms with Crippen molar-refractivity contribution in [3.05, 3.63) is 64.7 Å². The van der Waals surface area contributed by atoms with Crippen molar-refractivity contribution < 1.29 is 19.1 Å². The molecular weight excluding hydrogens is 466 g/mol. The van der Waals surface area contributed by atoms with Gasteiger partial charge in [0.15, 0.2) is 0 Å². The van der Waals surface area contributed by atoms with Crippen molar-refractivity contribution in [1.29, 1.82) is 0 Å². The third-order valence-electron chi connectivity index (χ3n) is 5.86. The van der Waals surface area contributed by atoms with Crippen LogP contribution in [0.15, 0.2) is 48.5 Å². The van der Waals surface area contributed by atoms with E-state index in [9.17, 15) is 9.59 Å². The number of hydrogen-bond acceptors (Lipinski definition) is 5. The highest BCUT2D eigenvalue weighted by atomic mass is 35.5. The second-order valence-electron chi connectivity index (χ2n) is 9.82. The van der Waals surface area contributed by atoms with Crippen molar-refractivity contribution in [2.45, 2.75) is 51.9 Å². The summed E-state index contributed by atoms with van der Waals surface area (Å²) < 4.78 is 11.3. The number of amides is 2. The van der Waals surface area contributed by atoms with Crippen LogP contribution in [0.1, 0.15) is 56.1 Å². The maximum Gasteiger partial charge on any atom is 0.407 e. The Balaban J connectivity index is 1.64. The van der Waals surface area contributed by atoms with Gasteiger partial charge in [-0.1, -0.05) is 48.9 Å². The Morgan fingerprint density at radius 2 is 1.94 bits per heavy atom. The molecule has 1 saturated heterocycles. The molecule has 2 aromatic carbocycles. The molecule has 3 rings (SSSR count). The van der Waals surface area contributed by atoms with E-state index in [2.05, 4.69) is 5.32 Å². The number of hydrogen-bond donors (Lipinski definition) is 1. The van der Waals surface area contributed by atoms with Gasteiger partial charge in [0.05, 0.1) is 23.7 Å². The van der Waals surface area contributed by atoms with Gasteiger partial charge in [-0.25, -0.2) is 4.79 Å². The minimum absolute atomic E-state index is 0.0989. The van der Waals surface area contributed by atoms with E-state index in [1.54, 1.807) is 17.0 Å². The lowest BCUT2D eigenvalue weighted by molar-refractivity contribution is -0.0228. The molecule has 0 saturated carbocycles. The number of nitrogens with zero attached hydrogens (tertiary/aromatic N) is 2. The zero-order valence-corrected chi connectivity index (χ0v) is 22.0. The second kappa shape index (κ2) is 11.8. The molecule has 2 atom stereocenters. The first kappa shape index (κ1) is 26.8. The van der Waals surface area contributed by atoms with Crippen LogP contribution >= 0.6 is 11.6 Å². The fourth-order valence-electron chi connectivity index (χ4n) is 3.98. The van der Waals surface area contributed by atoms with Gasteiger partial charge in [-0.2, -0.15) is 0 Å². The van der Waals surface area contributed by atoms with Gasteiger partial charge in [0, 0.05) is 31.9 Å². The molecule has 2 aromatic rings. The molecule has 2 amide bonds. The number of anilines is 1. The lowest BCUT2D eigenvalue weighted by Crippen LogP contribution is -2.44. The summed E-state index contributed by atoms with van der Waals surface area (Å²) >= 11 is 6.57. The molecule has 1 fully saturated rings. The first-order valence-corrected chi connectivity index (χ1v) is 12.4. The predicted molar refractivity (Wildman–Crippen MR) is 139 cm³/mol. The summed E-state index contributed by atoms with van der Waals surface area (Å²) in [6.07, 6.45) is 0.158. The fourth-order valence-corrected chi connectivity index (χ4v) is 4.23. The van der Waals surface area contributed by atoms with Gasteiger partial charge in [0.2, 0.25) is 0 Å². The minimum Gasteiger partial charge on any atom is -0.444 e. The summed E-state index contributed by atoms with van der Waals surface area (Å²) in [5, 5.41) is 3.32. The number of halogens is 1. The SMILES string of the molecule is CCC(CN(C)c1ccc(C(=O)N2CCOC(c3ccccc3)C2)c(Cl)c1)NC(=O)OC(C)(C)C. The number of benzene rings is 2. The number of carbonyl (C=O) groups is 2. The van der Waals surface area contributed by atoms with Crippen LogP contribution in [0.5, 0.6) is 0 Å². The lowest BCUT2D eigenvalue weighted by atomic mass is 10.1. The number of likely N-dealkylation sites (N-methyl/N-ethyl adjacent to an activating group) is 1. The van der Waals surface area contributed by atoms with E-state index in [1.165, 1.54) is 0 Å². The molecule has 0 bridgehead atoms. The molecule has 190 valence electrons. The minimum atomic E-state index is -0.550. The van der Waals surface area contributed by atoms with Crippen LogP contribution in [0.3, 0.4) is 0 Å². The number of alkyl carbamates (subject to hydrolysis) is 1. The highest BCUT2D eigenvalue weighted by molar-refractivity contribution is 6.34. The average Bonchev–Trinajstić information content (AvgIpc) is 2.82. The third-order valence-corrected chi connectivity index (χ3v) is 6.17. The van der Waals surface area contributed by atoms with Crippen LogP contribution in [-0.2, 0) is 9.47 Å². The number of nitrogens with one attached hydrogen (secondary N) is 1. The zero-order valence-electron chi connectivity index (χ0n) is 21.2. The molecule has 8 heteroatoms. The molecule has 0 spiro atoms. The molecule has 2 unspecified atom stereocenters. The molecule has 1 aliphatic rings. The highest BCUT2D eigenvalue weighted by Gasteiger charge is 2.27. The summed E-state index contributed by atoms with van der Waals surface area (Å²) in [7, 11) is 1.93. The van der Waals surface area contributed by atoms with E-state index in [1.807, 2.05) is 76.0 Å². The molecule has 7 nitrogen and oxygen atoms in total. The maximum atomic E-state index is 13.2. The number of ether oxygens (including phenoxy) is 2. The Hall–Kier alpha value is -2.77. The van der Waals surface area contributed by atoms with Crippen molar-refractivity contribution >= 4 is 29.3 Å². The van der Waals surface area contributed by atoms with E-state index in [0.29, 0.717) is 36.8 Å².